The lowest BCUT2D eigenvalue weighted by Crippen LogP contribution is -2.42. The Hall–Kier alpha value is -2.17. The fraction of sp³-hybridized carbons (Fsp3) is 0.381. The van der Waals surface area contributed by atoms with Gasteiger partial charge in [0.1, 0.15) is 0 Å². The molecule has 3 rings (SSSR count). The lowest BCUT2D eigenvalue weighted by Gasteiger charge is -2.37. The van der Waals surface area contributed by atoms with Gasteiger partial charge < -0.3 is 9.47 Å². The highest BCUT2D eigenvalue weighted by Crippen LogP contribution is 2.29. The third kappa shape index (κ3) is 4.27. The number of hydrogen-bond acceptors (Lipinski definition) is 4. The van der Waals surface area contributed by atoms with Crippen molar-refractivity contribution in [2.24, 2.45) is 0 Å². The number of aryl methyl sites for hydroxylation is 1. The molecule has 0 N–H and O–H groups in total. The van der Waals surface area contributed by atoms with E-state index in [0.717, 1.165) is 30.8 Å². The van der Waals surface area contributed by atoms with Crippen LogP contribution in [0.3, 0.4) is 0 Å². The number of ether oxygens (including phenoxy) is 2. The van der Waals surface area contributed by atoms with Crippen LogP contribution in [0.15, 0.2) is 48.5 Å². The number of esters is 1. The van der Waals surface area contributed by atoms with Gasteiger partial charge in [-0.1, -0.05) is 36.4 Å². The first-order chi connectivity index (χ1) is 12.1. The first-order valence-corrected chi connectivity index (χ1v) is 8.67. The van der Waals surface area contributed by atoms with Crippen LogP contribution < -0.4 is 0 Å². The van der Waals surface area contributed by atoms with Crippen LogP contribution in [0.1, 0.15) is 40.1 Å². The summed E-state index contributed by atoms with van der Waals surface area (Å²) in [5.74, 6) is -0.307. The molecule has 4 nitrogen and oxygen atoms in total. The molecule has 1 fully saturated rings. The minimum Gasteiger partial charge on any atom is -0.465 e. The van der Waals surface area contributed by atoms with E-state index in [0.29, 0.717) is 5.56 Å². The maximum absolute atomic E-state index is 11.7. The van der Waals surface area contributed by atoms with E-state index < -0.39 is 0 Å². The lowest BCUT2D eigenvalue weighted by molar-refractivity contribution is -0.0816. The minimum atomic E-state index is -0.307. The molecule has 2 aromatic rings. The summed E-state index contributed by atoms with van der Waals surface area (Å²) < 4.78 is 11.0. The molecule has 0 bridgehead atoms. The van der Waals surface area contributed by atoms with Crippen molar-refractivity contribution in [3.63, 3.8) is 0 Å². The van der Waals surface area contributed by atoms with Gasteiger partial charge in [0.05, 0.1) is 24.9 Å². The molecule has 0 saturated carbocycles. The second-order valence-corrected chi connectivity index (χ2v) is 6.68. The standard InChI is InChI=1S/C21H25NO3/c1-15-11-18(21(23)24-3)9-10-19(15)20-14-22(12-16(2)25-20)13-17-7-5-4-6-8-17/h4-11,16,20H,12-14H2,1-3H3/t16-,20+/m0/s1. The lowest BCUT2D eigenvalue weighted by atomic mass is 9.98. The van der Waals surface area contributed by atoms with Gasteiger partial charge in [-0.2, -0.15) is 0 Å². The van der Waals surface area contributed by atoms with Crippen molar-refractivity contribution < 1.29 is 14.3 Å². The number of carbonyl (C=O) groups excluding carboxylic acids is 1. The van der Waals surface area contributed by atoms with Gasteiger partial charge in [-0.05, 0) is 42.7 Å². The van der Waals surface area contributed by atoms with Crippen LogP contribution in [-0.2, 0) is 16.0 Å². The second-order valence-electron chi connectivity index (χ2n) is 6.68. The van der Waals surface area contributed by atoms with Crippen molar-refractivity contribution in [3.8, 4) is 0 Å². The van der Waals surface area contributed by atoms with E-state index in [9.17, 15) is 4.79 Å². The fourth-order valence-electron chi connectivity index (χ4n) is 3.46. The fourth-order valence-corrected chi connectivity index (χ4v) is 3.46. The first kappa shape index (κ1) is 17.6. The van der Waals surface area contributed by atoms with E-state index >= 15 is 0 Å². The third-order valence-electron chi connectivity index (χ3n) is 4.62. The molecule has 0 amide bonds. The number of nitrogens with zero attached hydrogens (tertiary/aromatic N) is 1. The summed E-state index contributed by atoms with van der Waals surface area (Å²) in [6.07, 6.45) is 0.182. The van der Waals surface area contributed by atoms with Crippen LogP contribution in [0.4, 0.5) is 0 Å². The Bertz CT molecular complexity index is 729. The van der Waals surface area contributed by atoms with E-state index in [1.165, 1.54) is 12.7 Å². The number of methoxy groups -OCH3 is 1. The quantitative estimate of drug-likeness (QED) is 0.796. The molecule has 132 valence electrons. The Morgan fingerprint density at radius 1 is 1.20 bits per heavy atom. The predicted molar refractivity (Wildman–Crippen MR) is 97.5 cm³/mol. The normalized spacial score (nSPS) is 21.1. The van der Waals surface area contributed by atoms with Crippen LogP contribution >= 0.6 is 0 Å². The summed E-state index contributed by atoms with van der Waals surface area (Å²) in [5, 5.41) is 0. The summed E-state index contributed by atoms with van der Waals surface area (Å²) in [5.41, 5.74) is 4.08. The van der Waals surface area contributed by atoms with Gasteiger partial charge in [-0.3, -0.25) is 4.90 Å². The largest absolute Gasteiger partial charge is 0.465 e. The monoisotopic (exact) mass is 339 g/mol. The highest BCUT2D eigenvalue weighted by Gasteiger charge is 2.27. The average molecular weight is 339 g/mol. The average Bonchev–Trinajstić information content (AvgIpc) is 2.61. The maximum atomic E-state index is 11.7. The molecular weight excluding hydrogens is 314 g/mol. The van der Waals surface area contributed by atoms with Crippen LogP contribution in [0, 0.1) is 6.92 Å². The van der Waals surface area contributed by atoms with E-state index in [4.69, 9.17) is 9.47 Å². The number of carbonyl (C=O) groups is 1. The predicted octanol–water partition coefficient (Wildman–Crippen LogP) is 3.74. The molecule has 1 aliphatic rings. The smallest absolute Gasteiger partial charge is 0.337 e. The van der Waals surface area contributed by atoms with Crippen molar-refractivity contribution in [1.82, 2.24) is 4.90 Å². The van der Waals surface area contributed by atoms with Gasteiger partial charge in [0.15, 0.2) is 0 Å². The molecule has 4 heteroatoms. The molecular formula is C21H25NO3. The Morgan fingerprint density at radius 3 is 2.64 bits per heavy atom. The molecule has 0 aliphatic carbocycles. The Balaban J connectivity index is 1.76. The molecule has 0 spiro atoms. The summed E-state index contributed by atoms with van der Waals surface area (Å²) in [7, 11) is 1.40. The van der Waals surface area contributed by atoms with Crippen molar-refractivity contribution in [2.75, 3.05) is 20.2 Å². The topological polar surface area (TPSA) is 38.8 Å². The summed E-state index contributed by atoms with van der Waals surface area (Å²) in [4.78, 5) is 14.1. The van der Waals surface area contributed by atoms with E-state index in [-0.39, 0.29) is 18.2 Å². The minimum absolute atomic E-state index is 0.0131. The number of benzene rings is 2. The van der Waals surface area contributed by atoms with Gasteiger partial charge in [0.25, 0.3) is 0 Å². The van der Waals surface area contributed by atoms with Gasteiger partial charge in [-0.15, -0.1) is 0 Å². The zero-order chi connectivity index (χ0) is 17.8. The molecule has 0 aromatic heterocycles. The molecule has 25 heavy (non-hydrogen) atoms. The van der Waals surface area contributed by atoms with E-state index in [2.05, 4.69) is 36.1 Å². The van der Waals surface area contributed by atoms with Gasteiger partial charge in [0, 0.05) is 19.6 Å². The van der Waals surface area contributed by atoms with Crippen molar-refractivity contribution in [3.05, 3.63) is 70.8 Å². The highest BCUT2D eigenvalue weighted by atomic mass is 16.5. The van der Waals surface area contributed by atoms with Crippen molar-refractivity contribution in [2.45, 2.75) is 32.6 Å². The molecule has 2 aromatic carbocycles. The number of hydrogen-bond donors (Lipinski definition) is 0. The Morgan fingerprint density at radius 2 is 1.96 bits per heavy atom. The van der Waals surface area contributed by atoms with Gasteiger partial charge >= 0.3 is 5.97 Å². The summed E-state index contributed by atoms with van der Waals surface area (Å²) in [6.45, 7) is 6.82. The summed E-state index contributed by atoms with van der Waals surface area (Å²) in [6, 6.07) is 16.2. The first-order valence-electron chi connectivity index (χ1n) is 8.67. The molecule has 1 saturated heterocycles. The van der Waals surface area contributed by atoms with Crippen LogP contribution in [0.5, 0.6) is 0 Å². The molecule has 0 unspecified atom stereocenters. The van der Waals surface area contributed by atoms with E-state index in [1.54, 1.807) is 0 Å². The summed E-state index contributed by atoms with van der Waals surface area (Å²) >= 11 is 0. The second kappa shape index (κ2) is 7.81. The molecule has 0 radical (unpaired) electrons. The SMILES string of the molecule is COC(=O)c1ccc([C@H]2CN(Cc3ccccc3)C[C@H](C)O2)c(C)c1. The van der Waals surface area contributed by atoms with E-state index in [1.807, 2.05) is 31.2 Å². The Labute approximate surface area is 149 Å². The van der Waals surface area contributed by atoms with Crippen molar-refractivity contribution >= 4 is 5.97 Å². The zero-order valence-corrected chi connectivity index (χ0v) is 15.1. The molecule has 1 heterocycles. The zero-order valence-electron chi connectivity index (χ0n) is 15.1. The van der Waals surface area contributed by atoms with Crippen LogP contribution in [0.2, 0.25) is 0 Å². The highest BCUT2D eigenvalue weighted by molar-refractivity contribution is 5.89. The Kier molecular flexibility index (Phi) is 5.51. The van der Waals surface area contributed by atoms with Crippen LogP contribution in [0.25, 0.3) is 0 Å². The van der Waals surface area contributed by atoms with Crippen molar-refractivity contribution in [1.29, 1.82) is 0 Å². The van der Waals surface area contributed by atoms with Gasteiger partial charge in [0.2, 0.25) is 0 Å². The van der Waals surface area contributed by atoms with Crippen LogP contribution in [-0.4, -0.2) is 37.2 Å². The molecule has 2 atom stereocenters. The number of morpholine rings is 1. The van der Waals surface area contributed by atoms with Gasteiger partial charge in [-0.25, -0.2) is 4.79 Å². The third-order valence-corrected chi connectivity index (χ3v) is 4.62. The number of rotatable bonds is 4. The maximum Gasteiger partial charge on any atom is 0.337 e. The molecule has 1 aliphatic heterocycles.